The van der Waals surface area contributed by atoms with Crippen LogP contribution in [0.1, 0.15) is 71.6 Å². The third-order valence-electron chi connectivity index (χ3n) is 3.92. The van der Waals surface area contributed by atoms with Gasteiger partial charge in [0.05, 0.1) is 12.7 Å². The van der Waals surface area contributed by atoms with E-state index in [2.05, 4.69) is 12.2 Å². The van der Waals surface area contributed by atoms with E-state index in [1.165, 1.54) is 51.1 Å². The van der Waals surface area contributed by atoms with Crippen molar-refractivity contribution in [2.45, 2.75) is 77.7 Å². The van der Waals surface area contributed by atoms with Crippen molar-refractivity contribution >= 4 is 5.97 Å². The minimum Gasteiger partial charge on any atom is -0.461 e. The molecule has 0 saturated carbocycles. The summed E-state index contributed by atoms with van der Waals surface area (Å²) in [6.07, 6.45) is 12.2. The molecule has 0 saturated heterocycles. The van der Waals surface area contributed by atoms with Gasteiger partial charge in [-0.3, -0.25) is 0 Å². The molecule has 1 atom stereocenters. The summed E-state index contributed by atoms with van der Waals surface area (Å²) in [5.74, 6) is -0.579. The lowest BCUT2D eigenvalue weighted by molar-refractivity contribution is -0.139. The fraction of sp³-hybridized carbons (Fsp3) is 0.789. The molecule has 0 aliphatic rings. The minimum atomic E-state index is -0.579. The van der Waals surface area contributed by atoms with Crippen LogP contribution in [-0.2, 0) is 14.3 Å². The number of carbonyl (C=O) groups is 1. The first-order valence-electron chi connectivity index (χ1n) is 9.19. The van der Waals surface area contributed by atoms with Crippen molar-refractivity contribution in [1.82, 2.24) is 5.32 Å². The summed E-state index contributed by atoms with van der Waals surface area (Å²) < 4.78 is 10.1. The monoisotopic (exact) mass is 338 g/mol. The van der Waals surface area contributed by atoms with Crippen LogP contribution in [0.4, 0.5) is 0 Å². The van der Waals surface area contributed by atoms with Crippen molar-refractivity contribution in [3.05, 3.63) is 11.8 Å². The molecule has 5 heteroatoms. The predicted octanol–water partition coefficient (Wildman–Crippen LogP) is 4.09. The minimum absolute atomic E-state index is 0.0136. The fourth-order valence-electron chi connectivity index (χ4n) is 2.19. The average molecular weight is 338 g/mol. The van der Waals surface area contributed by atoms with Crippen LogP contribution in [0.3, 0.4) is 0 Å². The van der Waals surface area contributed by atoms with Gasteiger partial charge in [-0.05, 0) is 13.3 Å². The Bertz CT molecular complexity index is 389. The van der Waals surface area contributed by atoms with E-state index in [1.54, 1.807) is 7.11 Å². The third-order valence-corrected chi connectivity index (χ3v) is 3.92. The van der Waals surface area contributed by atoms with E-state index in [-0.39, 0.29) is 18.3 Å². The van der Waals surface area contributed by atoms with Crippen molar-refractivity contribution in [3.63, 3.8) is 0 Å². The lowest BCUT2D eigenvalue weighted by Crippen LogP contribution is -2.16. The summed E-state index contributed by atoms with van der Waals surface area (Å²) in [5.41, 5.74) is 0.0136. The molecule has 0 aliphatic heterocycles. The summed E-state index contributed by atoms with van der Waals surface area (Å²) in [6.45, 7) is 5.16. The van der Waals surface area contributed by atoms with Gasteiger partial charge in [-0.1, -0.05) is 51.9 Å². The molecule has 0 aromatic heterocycles. The Morgan fingerprint density at radius 1 is 1.17 bits per heavy atom. The number of nitrogens with zero attached hydrogens (tertiary/aromatic N) is 1. The topological polar surface area (TPSA) is 71.4 Å². The molecule has 0 aliphatic carbocycles. The molecule has 1 unspecified atom stereocenters. The molecule has 5 nitrogen and oxygen atoms in total. The zero-order valence-corrected chi connectivity index (χ0v) is 15.6. The van der Waals surface area contributed by atoms with Crippen LogP contribution >= 0.6 is 0 Å². The fourth-order valence-corrected chi connectivity index (χ4v) is 2.19. The van der Waals surface area contributed by atoms with E-state index in [1.807, 2.05) is 13.0 Å². The molecular formula is C19H34N2O3. The smallest absolute Gasteiger partial charge is 0.350 e. The average Bonchev–Trinajstić information content (AvgIpc) is 2.59. The van der Waals surface area contributed by atoms with Gasteiger partial charge in [-0.2, -0.15) is 5.26 Å². The van der Waals surface area contributed by atoms with E-state index >= 15 is 0 Å². The number of methoxy groups -OCH3 is 1. The number of esters is 1. The molecule has 0 fully saturated rings. The molecule has 0 radical (unpaired) electrons. The number of rotatable bonds is 15. The van der Waals surface area contributed by atoms with Crippen LogP contribution < -0.4 is 5.32 Å². The highest BCUT2D eigenvalue weighted by atomic mass is 16.5. The normalized spacial score (nSPS) is 12.5. The molecule has 0 aromatic carbocycles. The summed E-state index contributed by atoms with van der Waals surface area (Å²) >= 11 is 0. The number of ether oxygens (including phenoxy) is 2. The largest absolute Gasteiger partial charge is 0.461 e. The number of unbranched alkanes of at least 4 members (excludes halogenated alkanes) is 7. The summed E-state index contributed by atoms with van der Waals surface area (Å²) in [5, 5.41) is 12.0. The van der Waals surface area contributed by atoms with Crippen LogP contribution in [0.15, 0.2) is 11.8 Å². The zero-order valence-electron chi connectivity index (χ0n) is 15.6. The van der Waals surface area contributed by atoms with Gasteiger partial charge in [0.2, 0.25) is 0 Å². The van der Waals surface area contributed by atoms with Crippen molar-refractivity contribution in [2.75, 3.05) is 20.3 Å². The maximum atomic E-state index is 11.7. The molecule has 0 heterocycles. The molecule has 0 aromatic rings. The molecule has 1 N–H and O–H groups in total. The van der Waals surface area contributed by atoms with Crippen LogP contribution in [0.25, 0.3) is 0 Å². The summed E-state index contributed by atoms with van der Waals surface area (Å²) in [4.78, 5) is 11.7. The van der Waals surface area contributed by atoms with E-state index in [0.29, 0.717) is 6.42 Å². The summed E-state index contributed by atoms with van der Waals surface area (Å²) in [6, 6.07) is 1.88. The van der Waals surface area contributed by atoms with Crippen molar-refractivity contribution in [2.24, 2.45) is 0 Å². The number of hydrogen-bond acceptors (Lipinski definition) is 5. The highest BCUT2D eigenvalue weighted by molar-refractivity contribution is 5.92. The van der Waals surface area contributed by atoms with Gasteiger partial charge < -0.3 is 14.8 Å². The van der Waals surface area contributed by atoms with E-state index < -0.39 is 5.97 Å². The van der Waals surface area contributed by atoms with Gasteiger partial charge in [0, 0.05) is 26.3 Å². The highest BCUT2D eigenvalue weighted by Crippen LogP contribution is 2.08. The van der Waals surface area contributed by atoms with Crippen molar-refractivity contribution < 1.29 is 14.3 Å². The first-order chi connectivity index (χ1) is 11.7. The number of hydrogen-bond donors (Lipinski definition) is 1. The molecule has 0 rings (SSSR count). The lowest BCUT2D eigenvalue weighted by atomic mass is 10.1. The van der Waals surface area contributed by atoms with Gasteiger partial charge in [0.15, 0.2) is 5.57 Å². The van der Waals surface area contributed by atoms with Crippen molar-refractivity contribution in [1.29, 1.82) is 5.26 Å². The van der Waals surface area contributed by atoms with Crippen LogP contribution in [0.2, 0.25) is 0 Å². The molecular weight excluding hydrogens is 304 g/mol. The quantitative estimate of drug-likeness (QED) is 0.211. The molecule has 0 spiro atoms. The Morgan fingerprint density at radius 3 is 2.38 bits per heavy atom. The van der Waals surface area contributed by atoms with Gasteiger partial charge >= 0.3 is 5.97 Å². The number of carbonyl (C=O) groups excluding carboxylic acids is 1. The second kappa shape index (κ2) is 16.3. The second-order valence-electron chi connectivity index (χ2n) is 6.07. The number of nitrogens with one attached hydrogen (secondary N) is 1. The van der Waals surface area contributed by atoms with E-state index in [0.717, 1.165) is 13.0 Å². The van der Waals surface area contributed by atoms with Gasteiger partial charge in [-0.15, -0.1) is 0 Å². The standard InChI is InChI=1S/C19H34N2O3/c1-4-5-6-7-8-9-10-11-13-21-16-18(15-20)19(22)24-14-12-17(2)23-3/h16-17,21H,4-14H2,1-3H3. The summed E-state index contributed by atoms with van der Waals surface area (Å²) in [7, 11) is 1.61. The molecule has 0 amide bonds. The van der Waals surface area contributed by atoms with Crippen LogP contribution in [-0.4, -0.2) is 32.3 Å². The van der Waals surface area contributed by atoms with E-state index in [4.69, 9.17) is 14.7 Å². The third kappa shape index (κ3) is 13.0. The molecule has 138 valence electrons. The lowest BCUT2D eigenvalue weighted by Gasteiger charge is -2.09. The maximum Gasteiger partial charge on any atom is 0.350 e. The Hall–Kier alpha value is -1.54. The first-order valence-corrected chi connectivity index (χ1v) is 9.19. The molecule has 24 heavy (non-hydrogen) atoms. The van der Waals surface area contributed by atoms with Gasteiger partial charge in [0.1, 0.15) is 6.07 Å². The Morgan fingerprint density at radius 2 is 1.79 bits per heavy atom. The first kappa shape index (κ1) is 22.5. The maximum absolute atomic E-state index is 11.7. The van der Waals surface area contributed by atoms with E-state index in [9.17, 15) is 4.79 Å². The molecule has 0 bridgehead atoms. The SMILES string of the molecule is CCCCCCCCCCNC=C(C#N)C(=O)OCCC(C)OC. The predicted molar refractivity (Wildman–Crippen MR) is 96.4 cm³/mol. The van der Waals surface area contributed by atoms with Crippen LogP contribution in [0.5, 0.6) is 0 Å². The second-order valence-corrected chi connectivity index (χ2v) is 6.07. The Kier molecular flexibility index (Phi) is 15.3. The Balaban J connectivity index is 3.73. The number of nitriles is 1. The van der Waals surface area contributed by atoms with Gasteiger partial charge in [-0.25, -0.2) is 4.79 Å². The van der Waals surface area contributed by atoms with Crippen LogP contribution in [0, 0.1) is 11.3 Å². The van der Waals surface area contributed by atoms with Gasteiger partial charge in [0.25, 0.3) is 0 Å². The van der Waals surface area contributed by atoms with Crippen molar-refractivity contribution in [3.8, 4) is 6.07 Å². The Labute approximate surface area is 147 Å². The zero-order chi connectivity index (χ0) is 18.0. The highest BCUT2D eigenvalue weighted by Gasteiger charge is 2.11.